The van der Waals surface area contributed by atoms with E-state index in [-0.39, 0.29) is 0 Å². The molecule has 0 amide bonds. The average molecular weight is 248 g/mol. The Labute approximate surface area is 112 Å². The van der Waals surface area contributed by atoms with E-state index in [1.165, 1.54) is 16.3 Å². The molecule has 0 saturated carbocycles. The molecule has 19 heavy (non-hydrogen) atoms. The van der Waals surface area contributed by atoms with Crippen molar-refractivity contribution in [3.63, 3.8) is 0 Å². The molecule has 0 aliphatic carbocycles. The Balaban J connectivity index is 2.38. The zero-order valence-corrected chi connectivity index (χ0v) is 11.2. The molecule has 1 heteroatoms. The SMILES string of the molecule is C/C=C\C(=C/C)c1cccc2c1oc1ccccc12. The minimum absolute atomic E-state index is 0.945. The fourth-order valence-electron chi connectivity index (χ4n) is 2.50. The lowest BCUT2D eigenvalue weighted by Crippen LogP contribution is -1.81. The molecule has 1 heterocycles. The van der Waals surface area contributed by atoms with Gasteiger partial charge in [-0.05, 0) is 25.5 Å². The predicted octanol–water partition coefficient (Wildman–Crippen LogP) is 5.57. The van der Waals surface area contributed by atoms with E-state index in [9.17, 15) is 0 Å². The Morgan fingerprint density at radius 1 is 0.947 bits per heavy atom. The highest BCUT2D eigenvalue weighted by Gasteiger charge is 2.11. The quantitative estimate of drug-likeness (QED) is 0.541. The highest BCUT2D eigenvalue weighted by molar-refractivity contribution is 6.08. The van der Waals surface area contributed by atoms with Gasteiger partial charge in [0.15, 0.2) is 0 Å². The first-order chi connectivity index (χ1) is 9.35. The summed E-state index contributed by atoms with van der Waals surface area (Å²) in [6, 6.07) is 14.5. The van der Waals surface area contributed by atoms with Crippen LogP contribution in [0.5, 0.6) is 0 Å². The predicted molar refractivity (Wildman–Crippen MR) is 82.2 cm³/mol. The van der Waals surface area contributed by atoms with E-state index in [1.54, 1.807) is 0 Å². The van der Waals surface area contributed by atoms with Crippen LogP contribution in [0, 0.1) is 0 Å². The summed E-state index contributed by atoms with van der Waals surface area (Å²) < 4.78 is 6.04. The van der Waals surface area contributed by atoms with E-state index in [4.69, 9.17) is 4.42 Å². The van der Waals surface area contributed by atoms with Gasteiger partial charge in [0, 0.05) is 16.3 Å². The van der Waals surface area contributed by atoms with Gasteiger partial charge in [0.1, 0.15) is 11.2 Å². The lowest BCUT2D eigenvalue weighted by Gasteiger charge is -2.02. The van der Waals surface area contributed by atoms with Gasteiger partial charge in [-0.2, -0.15) is 0 Å². The minimum atomic E-state index is 0.945. The molecule has 94 valence electrons. The van der Waals surface area contributed by atoms with Crippen molar-refractivity contribution in [2.75, 3.05) is 0 Å². The average Bonchev–Trinajstić information content (AvgIpc) is 2.83. The molecule has 0 atom stereocenters. The van der Waals surface area contributed by atoms with Crippen LogP contribution in [0.3, 0.4) is 0 Å². The number of furan rings is 1. The van der Waals surface area contributed by atoms with Crippen LogP contribution in [0.1, 0.15) is 19.4 Å². The highest BCUT2D eigenvalue weighted by Crippen LogP contribution is 2.33. The zero-order valence-electron chi connectivity index (χ0n) is 11.2. The normalized spacial score (nSPS) is 12.8. The van der Waals surface area contributed by atoms with Crippen molar-refractivity contribution in [2.24, 2.45) is 0 Å². The molecule has 0 N–H and O–H groups in total. The molecular weight excluding hydrogens is 232 g/mol. The molecule has 2 aromatic carbocycles. The summed E-state index contributed by atoms with van der Waals surface area (Å²) in [4.78, 5) is 0. The summed E-state index contributed by atoms with van der Waals surface area (Å²) in [5, 5.41) is 2.35. The van der Waals surface area contributed by atoms with Crippen molar-refractivity contribution in [3.8, 4) is 0 Å². The van der Waals surface area contributed by atoms with Crippen LogP contribution in [0.25, 0.3) is 27.5 Å². The zero-order chi connectivity index (χ0) is 13.2. The number of fused-ring (bicyclic) bond motifs is 3. The van der Waals surface area contributed by atoms with E-state index >= 15 is 0 Å². The van der Waals surface area contributed by atoms with Crippen LogP contribution in [-0.4, -0.2) is 0 Å². The van der Waals surface area contributed by atoms with Crippen molar-refractivity contribution < 1.29 is 4.42 Å². The number of benzene rings is 2. The monoisotopic (exact) mass is 248 g/mol. The first kappa shape index (κ1) is 11.8. The standard InChI is InChI=1S/C18H16O/c1-3-8-13(4-2)14-10-7-11-16-15-9-5-6-12-17(15)19-18(14)16/h3-12H,1-2H3/b8-3-,13-4+. The number of para-hydroxylation sites is 2. The number of allylic oxidation sites excluding steroid dienone is 4. The van der Waals surface area contributed by atoms with Gasteiger partial charge in [-0.15, -0.1) is 0 Å². The molecule has 0 aliphatic heterocycles. The van der Waals surface area contributed by atoms with Crippen LogP contribution < -0.4 is 0 Å². The Morgan fingerprint density at radius 2 is 1.74 bits per heavy atom. The number of hydrogen-bond donors (Lipinski definition) is 0. The highest BCUT2D eigenvalue weighted by atomic mass is 16.3. The Morgan fingerprint density at radius 3 is 2.53 bits per heavy atom. The number of rotatable bonds is 2. The molecule has 0 aliphatic rings. The first-order valence-corrected chi connectivity index (χ1v) is 6.54. The maximum absolute atomic E-state index is 6.04. The van der Waals surface area contributed by atoms with Crippen molar-refractivity contribution in [2.45, 2.75) is 13.8 Å². The maximum atomic E-state index is 6.04. The molecule has 0 spiro atoms. The van der Waals surface area contributed by atoms with Gasteiger partial charge in [0.05, 0.1) is 0 Å². The Kier molecular flexibility index (Phi) is 2.96. The largest absolute Gasteiger partial charge is 0.455 e. The topological polar surface area (TPSA) is 13.1 Å². The van der Waals surface area contributed by atoms with Crippen LogP contribution in [0.15, 0.2) is 65.1 Å². The molecule has 0 radical (unpaired) electrons. The smallest absolute Gasteiger partial charge is 0.143 e. The molecule has 0 fully saturated rings. The van der Waals surface area contributed by atoms with Gasteiger partial charge in [-0.25, -0.2) is 0 Å². The van der Waals surface area contributed by atoms with Gasteiger partial charge < -0.3 is 4.42 Å². The fourth-order valence-corrected chi connectivity index (χ4v) is 2.50. The van der Waals surface area contributed by atoms with E-state index in [0.29, 0.717) is 0 Å². The molecular formula is C18H16O. The lowest BCUT2D eigenvalue weighted by molar-refractivity contribution is 0.668. The van der Waals surface area contributed by atoms with E-state index in [2.05, 4.69) is 49.4 Å². The van der Waals surface area contributed by atoms with Gasteiger partial charge in [-0.1, -0.05) is 54.6 Å². The van der Waals surface area contributed by atoms with Crippen LogP contribution in [0.2, 0.25) is 0 Å². The molecule has 3 rings (SSSR count). The van der Waals surface area contributed by atoms with Gasteiger partial charge in [-0.3, -0.25) is 0 Å². The fraction of sp³-hybridized carbons (Fsp3) is 0.111. The summed E-state index contributed by atoms with van der Waals surface area (Å²) in [5.74, 6) is 0. The van der Waals surface area contributed by atoms with Crippen LogP contribution in [0.4, 0.5) is 0 Å². The third-order valence-electron chi connectivity index (χ3n) is 3.37. The Hall–Kier alpha value is -2.28. The van der Waals surface area contributed by atoms with Gasteiger partial charge in [0.2, 0.25) is 0 Å². The summed E-state index contributed by atoms with van der Waals surface area (Å²) in [6.45, 7) is 4.08. The van der Waals surface area contributed by atoms with Gasteiger partial charge in [0.25, 0.3) is 0 Å². The third kappa shape index (κ3) is 1.88. The van der Waals surface area contributed by atoms with Crippen LogP contribution in [-0.2, 0) is 0 Å². The summed E-state index contributed by atoms with van der Waals surface area (Å²) >= 11 is 0. The lowest BCUT2D eigenvalue weighted by atomic mass is 10.0. The van der Waals surface area contributed by atoms with Crippen molar-refractivity contribution in [1.82, 2.24) is 0 Å². The first-order valence-electron chi connectivity index (χ1n) is 6.54. The molecule has 1 aromatic heterocycles. The molecule has 0 unspecified atom stereocenters. The van der Waals surface area contributed by atoms with E-state index in [1.807, 2.05) is 25.1 Å². The van der Waals surface area contributed by atoms with Crippen molar-refractivity contribution in [3.05, 3.63) is 66.3 Å². The summed E-state index contributed by atoms with van der Waals surface area (Å²) in [6.07, 6.45) is 6.28. The van der Waals surface area contributed by atoms with E-state index < -0.39 is 0 Å². The number of hydrogen-bond acceptors (Lipinski definition) is 1. The second-order valence-electron chi connectivity index (χ2n) is 4.52. The van der Waals surface area contributed by atoms with Gasteiger partial charge >= 0.3 is 0 Å². The third-order valence-corrected chi connectivity index (χ3v) is 3.37. The van der Waals surface area contributed by atoms with Crippen molar-refractivity contribution >= 4 is 27.5 Å². The maximum Gasteiger partial charge on any atom is 0.143 e. The second-order valence-corrected chi connectivity index (χ2v) is 4.52. The van der Waals surface area contributed by atoms with Crippen molar-refractivity contribution in [1.29, 1.82) is 0 Å². The molecule has 3 aromatic rings. The second kappa shape index (κ2) is 4.77. The summed E-state index contributed by atoms with van der Waals surface area (Å²) in [7, 11) is 0. The minimum Gasteiger partial charge on any atom is -0.455 e. The van der Waals surface area contributed by atoms with Crippen LogP contribution >= 0.6 is 0 Å². The summed E-state index contributed by atoms with van der Waals surface area (Å²) in [5.41, 5.74) is 4.25. The molecule has 0 saturated heterocycles. The molecule has 0 bridgehead atoms. The molecule has 1 nitrogen and oxygen atoms in total. The Bertz CT molecular complexity index is 788. The van der Waals surface area contributed by atoms with E-state index in [0.717, 1.165) is 16.7 Å².